The van der Waals surface area contributed by atoms with Gasteiger partial charge in [-0.1, -0.05) is 0 Å². The number of imide groups is 1. The largest absolute Gasteiger partial charge is 0.490 e. The van der Waals surface area contributed by atoms with Crippen LogP contribution in [0.1, 0.15) is 19.3 Å². The summed E-state index contributed by atoms with van der Waals surface area (Å²) in [4.78, 5) is 23.4. The number of benzene rings is 1. The highest BCUT2D eigenvalue weighted by molar-refractivity contribution is 7.89. The highest BCUT2D eigenvalue weighted by Crippen LogP contribution is 2.30. The molecule has 0 radical (unpaired) electrons. The topological polar surface area (TPSA) is 114 Å². The summed E-state index contributed by atoms with van der Waals surface area (Å²) in [7, 11) is -4.05. The fraction of sp³-hybridized carbons (Fsp3) is 0.556. The lowest BCUT2D eigenvalue weighted by atomic mass is 9.90. The average Bonchev–Trinajstić information content (AvgIpc) is 3.29. The maximum Gasteiger partial charge on any atom is 0.322 e. The molecule has 0 aromatic heterocycles. The lowest BCUT2D eigenvalue weighted by Gasteiger charge is -2.37. The second-order valence-electron chi connectivity index (χ2n) is 7.57. The molecule has 1 aromatic rings. The first kappa shape index (κ1) is 20.0. The van der Waals surface area contributed by atoms with Crippen molar-refractivity contribution in [2.24, 2.45) is 5.92 Å². The molecule has 11 heteroatoms. The molecule has 3 saturated heterocycles. The van der Waals surface area contributed by atoms with Gasteiger partial charge >= 0.3 is 6.03 Å². The van der Waals surface area contributed by atoms with Crippen molar-refractivity contribution in [3.05, 3.63) is 24.0 Å². The molecule has 4 rings (SSSR count). The number of nitrogens with zero attached hydrogens (tertiary/aromatic N) is 1. The standard InChI is InChI=1S/C18H22FN3O6S/c19-14-8-13(2-3-15(14)28-10-12-4-7-27-9-12)29(25,26)22-6-1-5-18(11-22)16(23)20-17(24)21-18/h2-3,8,12H,1,4-7,9-11H2,(H2,20,21,23,24). The summed E-state index contributed by atoms with van der Waals surface area (Å²) in [6, 6.07) is 2.86. The van der Waals surface area contributed by atoms with Crippen molar-refractivity contribution < 1.29 is 31.9 Å². The maximum absolute atomic E-state index is 14.5. The number of carbonyl (C=O) groups excluding carboxylic acids is 2. The average molecular weight is 427 g/mol. The third-order valence-corrected chi connectivity index (χ3v) is 7.35. The smallest absolute Gasteiger partial charge is 0.322 e. The van der Waals surface area contributed by atoms with Crippen molar-refractivity contribution in [1.29, 1.82) is 0 Å². The van der Waals surface area contributed by atoms with E-state index in [9.17, 15) is 22.4 Å². The summed E-state index contributed by atoms with van der Waals surface area (Å²) in [6.45, 7) is 1.49. The van der Waals surface area contributed by atoms with Crippen molar-refractivity contribution >= 4 is 22.0 Å². The van der Waals surface area contributed by atoms with Gasteiger partial charge in [0.15, 0.2) is 11.6 Å². The van der Waals surface area contributed by atoms with Crippen LogP contribution in [0.5, 0.6) is 5.75 Å². The number of nitrogens with one attached hydrogen (secondary N) is 2. The van der Waals surface area contributed by atoms with E-state index in [1.54, 1.807) is 0 Å². The van der Waals surface area contributed by atoms with Gasteiger partial charge in [-0.3, -0.25) is 10.1 Å². The number of amides is 3. The predicted octanol–water partition coefficient (Wildman–Crippen LogP) is 0.604. The summed E-state index contributed by atoms with van der Waals surface area (Å²) >= 11 is 0. The van der Waals surface area contributed by atoms with Crippen molar-refractivity contribution in [3.63, 3.8) is 0 Å². The van der Waals surface area contributed by atoms with Crippen molar-refractivity contribution in [2.45, 2.75) is 29.7 Å². The van der Waals surface area contributed by atoms with E-state index in [-0.39, 0.29) is 29.7 Å². The van der Waals surface area contributed by atoms with Gasteiger partial charge in [0.1, 0.15) is 5.54 Å². The van der Waals surface area contributed by atoms with Gasteiger partial charge in [0, 0.05) is 25.6 Å². The van der Waals surface area contributed by atoms with E-state index in [0.29, 0.717) is 32.7 Å². The first-order chi connectivity index (χ1) is 13.8. The number of piperidine rings is 1. The van der Waals surface area contributed by atoms with Crippen molar-refractivity contribution in [3.8, 4) is 5.75 Å². The first-order valence-electron chi connectivity index (χ1n) is 9.44. The molecule has 3 aliphatic rings. The van der Waals surface area contributed by atoms with Gasteiger partial charge in [0.2, 0.25) is 10.0 Å². The molecule has 1 aromatic carbocycles. The Balaban J connectivity index is 1.50. The highest BCUT2D eigenvalue weighted by Gasteiger charge is 2.50. The van der Waals surface area contributed by atoms with Crippen LogP contribution in [0.4, 0.5) is 9.18 Å². The lowest BCUT2D eigenvalue weighted by Crippen LogP contribution is -2.59. The summed E-state index contributed by atoms with van der Waals surface area (Å²) in [5.74, 6) is -1.15. The maximum atomic E-state index is 14.5. The van der Waals surface area contributed by atoms with Crippen LogP contribution in [0.15, 0.2) is 23.1 Å². The van der Waals surface area contributed by atoms with Crippen LogP contribution in [-0.4, -0.2) is 63.1 Å². The summed E-state index contributed by atoms with van der Waals surface area (Å²) < 4.78 is 52.3. The van der Waals surface area contributed by atoms with Gasteiger partial charge in [-0.15, -0.1) is 0 Å². The predicted molar refractivity (Wildman–Crippen MR) is 98.2 cm³/mol. The van der Waals surface area contributed by atoms with Gasteiger partial charge in [-0.05, 0) is 37.5 Å². The molecule has 3 amide bonds. The molecule has 3 aliphatic heterocycles. The monoisotopic (exact) mass is 427 g/mol. The fourth-order valence-corrected chi connectivity index (χ4v) is 5.42. The number of urea groups is 1. The molecule has 3 heterocycles. The zero-order valence-corrected chi connectivity index (χ0v) is 16.5. The third kappa shape index (κ3) is 3.81. The Morgan fingerprint density at radius 1 is 1.34 bits per heavy atom. The van der Waals surface area contributed by atoms with E-state index in [2.05, 4.69) is 10.6 Å². The van der Waals surface area contributed by atoms with E-state index in [1.807, 2.05) is 0 Å². The van der Waals surface area contributed by atoms with Crippen molar-refractivity contribution in [2.75, 3.05) is 32.9 Å². The minimum absolute atomic E-state index is 0.0200. The van der Waals surface area contributed by atoms with Gasteiger partial charge in [0.05, 0.1) is 18.1 Å². The second kappa shape index (κ2) is 7.54. The molecule has 0 aliphatic carbocycles. The fourth-order valence-electron chi connectivity index (χ4n) is 3.87. The zero-order chi connectivity index (χ0) is 20.6. The summed E-state index contributed by atoms with van der Waals surface area (Å²) in [5.41, 5.74) is -1.28. The molecule has 0 saturated carbocycles. The number of halogens is 1. The summed E-state index contributed by atoms with van der Waals surface area (Å²) in [5, 5.41) is 4.67. The van der Waals surface area contributed by atoms with Crippen LogP contribution < -0.4 is 15.4 Å². The molecular weight excluding hydrogens is 405 g/mol. The molecule has 29 heavy (non-hydrogen) atoms. The summed E-state index contributed by atoms with van der Waals surface area (Å²) in [6.07, 6.45) is 1.57. The number of ether oxygens (including phenoxy) is 2. The minimum atomic E-state index is -4.05. The Labute approximate surface area is 167 Å². The Bertz CT molecular complexity index is 934. The Morgan fingerprint density at radius 2 is 2.17 bits per heavy atom. The SMILES string of the molecule is O=C1NC(=O)C2(CCCN(S(=O)(=O)c3ccc(OCC4CCOC4)c(F)c3)C2)N1. The normalized spacial score (nSPS) is 27.8. The molecule has 1 spiro atoms. The number of hydrogen-bond acceptors (Lipinski definition) is 6. The molecule has 158 valence electrons. The number of sulfonamides is 1. The Kier molecular flexibility index (Phi) is 5.21. The molecule has 3 fully saturated rings. The number of hydrogen-bond donors (Lipinski definition) is 2. The Morgan fingerprint density at radius 3 is 2.83 bits per heavy atom. The molecule has 2 N–H and O–H groups in total. The lowest BCUT2D eigenvalue weighted by molar-refractivity contribution is -0.125. The van der Waals surface area contributed by atoms with Crippen LogP contribution in [0, 0.1) is 11.7 Å². The van der Waals surface area contributed by atoms with Crippen LogP contribution in [0.2, 0.25) is 0 Å². The van der Waals surface area contributed by atoms with Crippen LogP contribution >= 0.6 is 0 Å². The molecule has 0 bridgehead atoms. The zero-order valence-electron chi connectivity index (χ0n) is 15.6. The van der Waals surface area contributed by atoms with Crippen LogP contribution in [0.3, 0.4) is 0 Å². The molecular formula is C18H22FN3O6S. The second-order valence-corrected chi connectivity index (χ2v) is 9.50. The van der Waals surface area contributed by atoms with E-state index < -0.39 is 33.3 Å². The molecule has 2 unspecified atom stereocenters. The molecule has 9 nitrogen and oxygen atoms in total. The third-order valence-electron chi connectivity index (χ3n) is 5.51. The van der Waals surface area contributed by atoms with E-state index in [4.69, 9.17) is 9.47 Å². The van der Waals surface area contributed by atoms with Gasteiger partial charge in [-0.2, -0.15) is 4.31 Å². The minimum Gasteiger partial charge on any atom is -0.490 e. The van der Waals surface area contributed by atoms with Crippen LogP contribution in [-0.2, 0) is 19.6 Å². The van der Waals surface area contributed by atoms with E-state index in [1.165, 1.54) is 12.1 Å². The Hall–Kier alpha value is -2.24. The number of carbonyl (C=O) groups is 2. The quantitative estimate of drug-likeness (QED) is 0.666. The van der Waals surface area contributed by atoms with Crippen LogP contribution in [0.25, 0.3) is 0 Å². The van der Waals surface area contributed by atoms with E-state index >= 15 is 0 Å². The van der Waals surface area contributed by atoms with Gasteiger partial charge in [0.25, 0.3) is 5.91 Å². The van der Waals surface area contributed by atoms with Crippen molar-refractivity contribution in [1.82, 2.24) is 14.9 Å². The first-order valence-corrected chi connectivity index (χ1v) is 10.9. The highest BCUT2D eigenvalue weighted by atomic mass is 32.2. The number of rotatable bonds is 5. The van der Waals surface area contributed by atoms with Gasteiger partial charge in [-0.25, -0.2) is 17.6 Å². The van der Waals surface area contributed by atoms with Gasteiger partial charge < -0.3 is 14.8 Å². The van der Waals surface area contributed by atoms with E-state index in [0.717, 1.165) is 16.8 Å². The molecule has 2 atom stereocenters.